The minimum atomic E-state index is -1.36. The molecule has 0 aromatic rings. The summed E-state index contributed by atoms with van der Waals surface area (Å²) in [4.78, 5) is 0. The Balaban J connectivity index is 3.36. The fourth-order valence-corrected chi connectivity index (χ4v) is 0.588. The molecule has 0 aromatic carbocycles. The third kappa shape index (κ3) is 4.46. The van der Waals surface area contributed by atoms with E-state index in [4.69, 9.17) is 10.5 Å². The van der Waals surface area contributed by atoms with Gasteiger partial charge in [-0.1, -0.05) is 0 Å². The lowest BCUT2D eigenvalue weighted by Crippen LogP contribution is -2.20. The van der Waals surface area contributed by atoms with E-state index in [1.807, 2.05) is 0 Å². The van der Waals surface area contributed by atoms with Crippen LogP contribution >= 0.6 is 0 Å². The molecule has 58 valence electrons. The molecule has 5 heteroatoms. The van der Waals surface area contributed by atoms with Crippen LogP contribution in [0, 0.1) is 5.41 Å². The van der Waals surface area contributed by atoms with Gasteiger partial charge >= 0.3 is 0 Å². The van der Waals surface area contributed by atoms with Gasteiger partial charge in [-0.2, -0.15) is 0 Å². The van der Waals surface area contributed by atoms with Gasteiger partial charge in [-0.05, 0) is 0 Å². The van der Waals surface area contributed by atoms with Crippen molar-refractivity contribution in [2.24, 2.45) is 0 Å². The van der Waals surface area contributed by atoms with Gasteiger partial charge in [0.1, 0.15) is 6.17 Å². The van der Waals surface area contributed by atoms with Crippen LogP contribution in [0.15, 0.2) is 0 Å². The maximum absolute atomic E-state index is 12.2. The molecule has 2 N–H and O–H groups in total. The van der Waals surface area contributed by atoms with Crippen molar-refractivity contribution in [1.82, 2.24) is 0 Å². The number of nitrogens with one attached hydrogen (secondary N) is 1. The summed E-state index contributed by atoms with van der Waals surface area (Å²) in [7, 11) is 1.43. The number of hydrogen-bond donors (Lipinski definition) is 2. The van der Waals surface area contributed by atoms with Crippen LogP contribution < -0.4 is 0 Å². The summed E-state index contributed by atoms with van der Waals surface area (Å²) in [5.74, 6) is 0. The lowest BCUT2D eigenvalue weighted by molar-refractivity contribution is 0.0914. The van der Waals surface area contributed by atoms with Crippen LogP contribution in [-0.4, -0.2) is 38.3 Å². The van der Waals surface area contributed by atoms with Gasteiger partial charge in [0.2, 0.25) is 0 Å². The molecule has 0 fully saturated rings. The molecule has 0 amide bonds. The molecule has 10 heavy (non-hydrogen) atoms. The number of aliphatic hydroxyl groups excluding tert-OH is 1. The van der Waals surface area contributed by atoms with Crippen LogP contribution in [0.2, 0.25) is 0 Å². The van der Waals surface area contributed by atoms with Gasteiger partial charge in [-0.3, -0.25) is 0 Å². The fraction of sp³-hybridized carbons (Fsp3) is 0.800. The van der Waals surface area contributed by atoms with Crippen LogP contribution in [0.25, 0.3) is 0 Å². The number of hydrogen-bond acceptors (Lipinski definition) is 3. The standard InChI is InChI=1S/C5H11BFNO2/c6-10-3-5(9)1-4(7)2-8/h2,4-5,8-9H,1,3,6H2/t4-,5-/m0/s1. The Kier molecular flexibility index (Phi) is 5.15. The highest BCUT2D eigenvalue weighted by Crippen LogP contribution is 1.99. The Bertz CT molecular complexity index is 104. The molecular weight excluding hydrogens is 136 g/mol. The van der Waals surface area contributed by atoms with E-state index in [2.05, 4.69) is 4.65 Å². The summed E-state index contributed by atoms with van der Waals surface area (Å²) in [5.41, 5.74) is 0. The maximum atomic E-state index is 12.2. The molecule has 0 aliphatic rings. The summed E-state index contributed by atoms with van der Waals surface area (Å²) in [6, 6.07) is 0. The quantitative estimate of drug-likeness (QED) is 0.398. The highest BCUT2D eigenvalue weighted by Gasteiger charge is 2.09. The van der Waals surface area contributed by atoms with Crippen LogP contribution in [0.5, 0.6) is 0 Å². The zero-order valence-corrected chi connectivity index (χ0v) is 5.88. The summed E-state index contributed by atoms with van der Waals surface area (Å²) >= 11 is 0. The van der Waals surface area contributed by atoms with E-state index in [0.717, 1.165) is 0 Å². The summed E-state index contributed by atoms with van der Waals surface area (Å²) in [5, 5.41) is 15.4. The molecular formula is C5H11BFNO2. The first-order chi connectivity index (χ1) is 4.70. The van der Waals surface area contributed by atoms with Crippen LogP contribution in [-0.2, 0) is 4.65 Å². The Morgan fingerprint density at radius 3 is 2.80 bits per heavy atom. The molecule has 0 bridgehead atoms. The smallest absolute Gasteiger partial charge is 0.257 e. The molecule has 2 atom stereocenters. The Hall–Kier alpha value is -0.415. The second-order valence-electron chi connectivity index (χ2n) is 2.03. The van der Waals surface area contributed by atoms with E-state index in [1.54, 1.807) is 0 Å². The monoisotopic (exact) mass is 147 g/mol. The van der Waals surface area contributed by atoms with Crippen LogP contribution in [0.4, 0.5) is 4.39 Å². The highest BCUT2D eigenvalue weighted by atomic mass is 19.1. The van der Waals surface area contributed by atoms with Gasteiger partial charge in [0.25, 0.3) is 8.05 Å². The lowest BCUT2D eigenvalue weighted by Gasteiger charge is -2.09. The number of alkyl halides is 1. The molecule has 0 spiro atoms. The molecule has 3 nitrogen and oxygen atoms in total. The van der Waals surface area contributed by atoms with Gasteiger partial charge in [-0.25, -0.2) is 4.39 Å². The first kappa shape index (κ1) is 9.58. The Labute approximate surface area is 60.1 Å². The molecule has 0 aliphatic heterocycles. The zero-order chi connectivity index (χ0) is 7.98. The van der Waals surface area contributed by atoms with Gasteiger partial charge in [-0.15, -0.1) is 0 Å². The second-order valence-corrected chi connectivity index (χ2v) is 2.03. The second kappa shape index (κ2) is 5.38. The summed E-state index contributed by atoms with van der Waals surface area (Å²) in [6.07, 6.45) is -1.55. The number of rotatable bonds is 5. The largest absolute Gasteiger partial charge is 0.441 e. The normalized spacial score (nSPS) is 16.2. The molecule has 0 aromatic heterocycles. The molecule has 0 radical (unpaired) electrons. The SMILES string of the molecule is BOC[C@@H](O)C[C@H](F)C=N. The lowest BCUT2D eigenvalue weighted by atomic mass is 10.2. The van der Waals surface area contributed by atoms with Crippen LogP contribution in [0.3, 0.4) is 0 Å². The predicted molar refractivity (Wildman–Crippen MR) is 38.8 cm³/mol. The molecule has 0 rings (SSSR count). The minimum Gasteiger partial charge on any atom is -0.441 e. The first-order valence-corrected chi connectivity index (χ1v) is 3.02. The van der Waals surface area contributed by atoms with Crippen molar-refractivity contribution in [1.29, 1.82) is 5.41 Å². The van der Waals surface area contributed by atoms with Crippen molar-refractivity contribution >= 4 is 14.3 Å². The molecule has 0 heterocycles. The van der Waals surface area contributed by atoms with Crippen molar-refractivity contribution in [3.05, 3.63) is 0 Å². The van der Waals surface area contributed by atoms with Gasteiger partial charge in [0, 0.05) is 12.6 Å². The molecule has 0 unspecified atom stereocenters. The van der Waals surface area contributed by atoms with E-state index in [9.17, 15) is 4.39 Å². The third-order valence-corrected chi connectivity index (χ3v) is 1.04. The predicted octanol–water partition coefficient (Wildman–Crippen LogP) is -0.710. The Morgan fingerprint density at radius 1 is 1.80 bits per heavy atom. The van der Waals surface area contributed by atoms with Crippen LogP contribution in [0.1, 0.15) is 6.42 Å². The average Bonchev–Trinajstić information content (AvgIpc) is 1.88. The Morgan fingerprint density at radius 2 is 2.40 bits per heavy atom. The van der Waals surface area contributed by atoms with Gasteiger partial charge < -0.3 is 15.2 Å². The van der Waals surface area contributed by atoms with E-state index < -0.39 is 12.3 Å². The van der Waals surface area contributed by atoms with E-state index in [0.29, 0.717) is 6.21 Å². The minimum absolute atomic E-state index is 0.0582. The van der Waals surface area contributed by atoms with Gasteiger partial charge in [0.05, 0.1) is 12.7 Å². The third-order valence-electron chi connectivity index (χ3n) is 1.04. The van der Waals surface area contributed by atoms with E-state index in [-0.39, 0.29) is 13.0 Å². The summed E-state index contributed by atoms with van der Waals surface area (Å²) < 4.78 is 16.8. The topological polar surface area (TPSA) is 53.3 Å². The van der Waals surface area contributed by atoms with E-state index in [1.165, 1.54) is 8.05 Å². The fourth-order valence-electron chi connectivity index (χ4n) is 0.588. The highest BCUT2D eigenvalue weighted by molar-refractivity contribution is 5.97. The number of halogens is 1. The maximum Gasteiger partial charge on any atom is 0.257 e. The van der Waals surface area contributed by atoms with Crippen molar-refractivity contribution < 1.29 is 14.2 Å². The van der Waals surface area contributed by atoms with Crippen molar-refractivity contribution in [3.63, 3.8) is 0 Å². The van der Waals surface area contributed by atoms with E-state index >= 15 is 0 Å². The van der Waals surface area contributed by atoms with Gasteiger partial charge in [0.15, 0.2) is 0 Å². The summed E-state index contributed by atoms with van der Waals surface area (Å²) in [6.45, 7) is 0.119. The molecule has 0 saturated carbocycles. The van der Waals surface area contributed by atoms with Crippen molar-refractivity contribution in [3.8, 4) is 0 Å². The van der Waals surface area contributed by atoms with Crippen molar-refractivity contribution in [2.45, 2.75) is 18.7 Å². The zero-order valence-electron chi connectivity index (χ0n) is 5.88. The first-order valence-electron chi connectivity index (χ1n) is 3.02. The average molecular weight is 147 g/mol. The molecule has 0 saturated heterocycles. The van der Waals surface area contributed by atoms with Crippen molar-refractivity contribution in [2.75, 3.05) is 6.61 Å². The number of aliphatic hydroxyl groups is 1. The molecule has 0 aliphatic carbocycles.